The molecule has 0 saturated carbocycles. The van der Waals surface area contributed by atoms with Crippen LogP contribution in [0.15, 0.2) is 12.5 Å². The molecule has 0 aliphatic heterocycles. The monoisotopic (exact) mass is 120 g/mol. The molecule has 1 rings (SSSR count). The molecule has 0 aliphatic carbocycles. The van der Waals surface area contributed by atoms with Crippen molar-refractivity contribution in [1.29, 1.82) is 0 Å². The lowest BCUT2D eigenvalue weighted by Crippen LogP contribution is -1.94. The smallest absolute Gasteiger partial charge is 0.0956 e. The number of terminal acetylenes is 1. The van der Waals surface area contributed by atoms with Crippen molar-refractivity contribution in [2.75, 3.05) is 0 Å². The third kappa shape index (κ3) is 1.11. The Balaban J connectivity index is 2.84. The van der Waals surface area contributed by atoms with E-state index in [9.17, 15) is 0 Å². The Bertz CT molecular complexity index is 229. The Morgan fingerprint density at radius 2 is 2.67 bits per heavy atom. The maximum Gasteiger partial charge on any atom is 0.0956 e. The molecule has 0 atom stereocenters. The maximum absolute atomic E-state index is 5.09. The molecule has 0 bridgehead atoms. The Hall–Kier alpha value is -1.23. The fourth-order valence-corrected chi connectivity index (χ4v) is 0.651. The van der Waals surface area contributed by atoms with Gasteiger partial charge in [-0.25, -0.2) is 4.98 Å². The summed E-state index contributed by atoms with van der Waals surface area (Å²) in [6.45, 7) is 2.59. The second kappa shape index (κ2) is 2.36. The first-order valence-corrected chi connectivity index (χ1v) is 2.75. The predicted octanol–water partition coefficient (Wildman–Crippen LogP) is 0.825. The van der Waals surface area contributed by atoms with E-state index in [1.807, 2.05) is 11.5 Å². The molecule has 1 heterocycles. The fourth-order valence-electron chi connectivity index (χ4n) is 0.651. The van der Waals surface area contributed by atoms with E-state index in [0.29, 0.717) is 6.54 Å². The van der Waals surface area contributed by atoms with E-state index in [1.165, 1.54) is 0 Å². The lowest BCUT2D eigenvalue weighted by atomic mass is 10.5. The minimum atomic E-state index is 0.617. The van der Waals surface area contributed by atoms with Gasteiger partial charge < -0.3 is 4.57 Å². The van der Waals surface area contributed by atoms with Gasteiger partial charge in [0.2, 0.25) is 0 Å². The van der Waals surface area contributed by atoms with E-state index in [1.54, 1.807) is 12.5 Å². The summed E-state index contributed by atoms with van der Waals surface area (Å²) in [7, 11) is 0. The van der Waals surface area contributed by atoms with E-state index >= 15 is 0 Å². The molecule has 0 amide bonds. The van der Waals surface area contributed by atoms with Gasteiger partial charge in [0.25, 0.3) is 0 Å². The molecule has 2 nitrogen and oxygen atoms in total. The summed E-state index contributed by atoms with van der Waals surface area (Å²) in [6, 6.07) is 0. The average Bonchev–Trinajstić information content (AvgIpc) is 2.18. The summed E-state index contributed by atoms with van der Waals surface area (Å²) in [5.74, 6) is 2.53. The van der Waals surface area contributed by atoms with E-state index in [0.717, 1.165) is 5.69 Å². The van der Waals surface area contributed by atoms with Crippen LogP contribution in [-0.4, -0.2) is 9.55 Å². The number of imidazole rings is 1. The number of hydrogen-bond acceptors (Lipinski definition) is 1. The van der Waals surface area contributed by atoms with E-state index in [-0.39, 0.29) is 0 Å². The molecule has 0 fully saturated rings. The Morgan fingerprint density at radius 3 is 3.11 bits per heavy atom. The van der Waals surface area contributed by atoms with Gasteiger partial charge in [-0.1, -0.05) is 5.92 Å². The molecule has 1 aromatic rings. The Morgan fingerprint density at radius 1 is 1.89 bits per heavy atom. The van der Waals surface area contributed by atoms with Gasteiger partial charge in [0.1, 0.15) is 0 Å². The van der Waals surface area contributed by atoms with Crippen molar-refractivity contribution in [2.45, 2.75) is 13.5 Å². The normalized spacial score (nSPS) is 8.89. The van der Waals surface area contributed by atoms with E-state index in [4.69, 9.17) is 6.42 Å². The Labute approximate surface area is 54.5 Å². The minimum absolute atomic E-state index is 0.617. The van der Waals surface area contributed by atoms with Crippen LogP contribution in [0.5, 0.6) is 0 Å². The average molecular weight is 120 g/mol. The molecule has 2 heteroatoms. The van der Waals surface area contributed by atoms with Gasteiger partial charge in [0.15, 0.2) is 0 Å². The molecular weight excluding hydrogens is 112 g/mol. The van der Waals surface area contributed by atoms with Crippen molar-refractivity contribution in [3.63, 3.8) is 0 Å². The van der Waals surface area contributed by atoms with E-state index < -0.39 is 0 Å². The zero-order chi connectivity index (χ0) is 6.69. The minimum Gasteiger partial charge on any atom is -0.323 e. The van der Waals surface area contributed by atoms with Crippen LogP contribution < -0.4 is 0 Å². The van der Waals surface area contributed by atoms with Gasteiger partial charge in [-0.2, -0.15) is 0 Å². The topological polar surface area (TPSA) is 17.8 Å². The summed E-state index contributed by atoms with van der Waals surface area (Å²) >= 11 is 0. The predicted molar refractivity (Wildman–Crippen MR) is 35.8 cm³/mol. The van der Waals surface area contributed by atoms with Gasteiger partial charge in [-0.05, 0) is 6.92 Å². The van der Waals surface area contributed by atoms with Crippen molar-refractivity contribution in [2.24, 2.45) is 0 Å². The molecule has 0 unspecified atom stereocenters. The second-order valence-electron chi connectivity index (χ2n) is 1.87. The van der Waals surface area contributed by atoms with Crippen LogP contribution in [0, 0.1) is 19.3 Å². The van der Waals surface area contributed by atoms with E-state index in [2.05, 4.69) is 10.9 Å². The molecule has 0 radical (unpaired) electrons. The third-order valence-electron chi connectivity index (χ3n) is 1.18. The summed E-state index contributed by atoms with van der Waals surface area (Å²) in [6.07, 6.45) is 8.61. The van der Waals surface area contributed by atoms with Crippen LogP contribution in [0.2, 0.25) is 0 Å². The van der Waals surface area contributed by atoms with Gasteiger partial charge in [-0.3, -0.25) is 0 Å². The number of rotatable bonds is 1. The van der Waals surface area contributed by atoms with Crippen LogP contribution in [0.1, 0.15) is 5.69 Å². The third-order valence-corrected chi connectivity index (χ3v) is 1.18. The maximum atomic E-state index is 5.09. The first kappa shape index (κ1) is 5.90. The van der Waals surface area contributed by atoms with Crippen molar-refractivity contribution in [1.82, 2.24) is 9.55 Å². The summed E-state index contributed by atoms with van der Waals surface area (Å²) < 4.78 is 1.92. The summed E-state index contributed by atoms with van der Waals surface area (Å²) in [5.41, 5.74) is 1.10. The van der Waals surface area contributed by atoms with Crippen molar-refractivity contribution >= 4 is 0 Å². The molecule has 9 heavy (non-hydrogen) atoms. The number of aryl methyl sites for hydroxylation is 1. The van der Waals surface area contributed by atoms with Crippen LogP contribution in [0.4, 0.5) is 0 Å². The highest BCUT2D eigenvalue weighted by Crippen LogP contribution is 1.93. The van der Waals surface area contributed by atoms with Gasteiger partial charge in [0, 0.05) is 11.9 Å². The summed E-state index contributed by atoms with van der Waals surface area (Å²) in [4.78, 5) is 3.91. The van der Waals surface area contributed by atoms with Crippen molar-refractivity contribution in [3.05, 3.63) is 18.2 Å². The quantitative estimate of drug-likeness (QED) is 0.502. The number of hydrogen-bond donors (Lipinski definition) is 0. The first-order valence-electron chi connectivity index (χ1n) is 2.75. The summed E-state index contributed by atoms with van der Waals surface area (Å²) in [5, 5.41) is 0. The number of nitrogens with zero attached hydrogens (tertiary/aromatic N) is 2. The molecule has 1 aromatic heterocycles. The lowest BCUT2D eigenvalue weighted by molar-refractivity contribution is 0.808. The molecule has 0 aliphatic rings. The van der Waals surface area contributed by atoms with Gasteiger partial charge >= 0.3 is 0 Å². The number of aromatic nitrogens is 2. The molecular formula is C7H8N2. The second-order valence-corrected chi connectivity index (χ2v) is 1.87. The highest BCUT2D eigenvalue weighted by atomic mass is 15.0. The highest BCUT2D eigenvalue weighted by Gasteiger charge is 1.90. The van der Waals surface area contributed by atoms with Gasteiger partial charge in [0.05, 0.1) is 12.9 Å². The zero-order valence-electron chi connectivity index (χ0n) is 5.33. The van der Waals surface area contributed by atoms with Crippen molar-refractivity contribution in [3.8, 4) is 12.3 Å². The molecule has 46 valence electrons. The Kier molecular flexibility index (Phi) is 1.55. The molecule has 0 aromatic carbocycles. The lowest BCUT2D eigenvalue weighted by Gasteiger charge is -1.94. The SMILES string of the molecule is C#CCn1cncc1C. The first-order chi connectivity index (χ1) is 4.34. The van der Waals surface area contributed by atoms with Crippen LogP contribution >= 0.6 is 0 Å². The molecule has 0 saturated heterocycles. The molecule has 0 spiro atoms. The standard InChI is InChI=1S/C7H8N2/c1-3-4-9-6-8-5-7(9)2/h1,5-6H,4H2,2H3. The zero-order valence-corrected chi connectivity index (χ0v) is 5.33. The largest absolute Gasteiger partial charge is 0.323 e. The highest BCUT2D eigenvalue weighted by molar-refractivity contribution is 4.98. The van der Waals surface area contributed by atoms with Crippen LogP contribution in [0.25, 0.3) is 0 Å². The van der Waals surface area contributed by atoms with Crippen LogP contribution in [0.3, 0.4) is 0 Å². The van der Waals surface area contributed by atoms with Gasteiger partial charge in [-0.15, -0.1) is 6.42 Å². The fraction of sp³-hybridized carbons (Fsp3) is 0.286. The molecule has 0 N–H and O–H groups in total. The van der Waals surface area contributed by atoms with Crippen LogP contribution in [-0.2, 0) is 6.54 Å². The van der Waals surface area contributed by atoms with Crippen molar-refractivity contribution < 1.29 is 0 Å².